The van der Waals surface area contributed by atoms with E-state index in [0.29, 0.717) is 6.54 Å². The van der Waals surface area contributed by atoms with Crippen LogP contribution in [0.3, 0.4) is 0 Å². The van der Waals surface area contributed by atoms with Gasteiger partial charge in [0.1, 0.15) is 5.82 Å². The minimum absolute atomic E-state index is 0.197. The summed E-state index contributed by atoms with van der Waals surface area (Å²) in [7, 11) is 0. The van der Waals surface area contributed by atoms with Crippen molar-refractivity contribution in [3.63, 3.8) is 0 Å². The lowest BCUT2D eigenvalue weighted by atomic mass is 10.2. The Morgan fingerprint density at radius 1 is 1.56 bits per heavy atom. The molecule has 4 heteroatoms. The first kappa shape index (κ1) is 13.3. The molecule has 18 heavy (non-hydrogen) atoms. The smallest absolute Gasteiger partial charge is 0.131 e. The summed E-state index contributed by atoms with van der Waals surface area (Å²) in [6.07, 6.45) is 3.74. The van der Waals surface area contributed by atoms with Gasteiger partial charge in [0.2, 0.25) is 0 Å². The molecule has 2 N–H and O–H groups in total. The Morgan fingerprint density at radius 2 is 2.39 bits per heavy atom. The van der Waals surface area contributed by atoms with E-state index in [2.05, 4.69) is 35.1 Å². The van der Waals surface area contributed by atoms with E-state index in [1.165, 1.54) is 11.1 Å². The number of β-amino-alcohol motifs (C(OH)–C–C–N with tert-alkyl or cyclic N) is 1. The Kier molecular flexibility index (Phi) is 4.55. The number of pyridine rings is 1. The van der Waals surface area contributed by atoms with Crippen molar-refractivity contribution in [1.29, 1.82) is 0 Å². The second-order valence-electron chi connectivity index (χ2n) is 5.05. The maximum Gasteiger partial charge on any atom is 0.131 e. The van der Waals surface area contributed by atoms with Crippen molar-refractivity contribution in [3.05, 3.63) is 23.4 Å². The van der Waals surface area contributed by atoms with Crippen LogP contribution >= 0.6 is 0 Å². The Bertz CT molecular complexity index is 395. The topological polar surface area (TPSA) is 48.4 Å². The van der Waals surface area contributed by atoms with Gasteiger partial charge in [0.15, 0.2) is 0 Å². The first-order valence-corrected chi connectivity index (χ1v) is 6.80. The van der Waals surface area contributed by atoms with Gasteiger partial charge in [-0.2, -0.15) is 0 Å². The molecule has 0 spiro atoms. The van der Waals surface area contributed by atoms with Gasteiger partial charge in [-0.25, -0.2) is 4.98 Å². The minimum atomic E-state index is -0.197. The molecule has 1 aliphatic heterocycles. The van der Waals surface area contributed by atoms with E-state index >= 15 is 0 Å². The van der Waals surface area contributed by atoms with Gasteiger partial charge in [-0.05, 0) is 43.5 Å². The maximum absolute atomic E-state index is 9.57. The lowest BCUT2D eigenvalue weighted by Gasteiger charge is -2.19. The normalized spacial score (nSPS) is 19.5. The van der Waals surface area contributed by atoms with Crippen LogP contribution in [-0.2, 0) is 6.54 Å². The van der Waals surface area contributed by atoms with Gasteiger partial charge in [-0.3, -0.25) is 0 Å². The molecule has 100 valence electrons. The highest BCUT2D eigenvalue weighted by Crippen LogP contribution is 2.22. The largest absolute Gasteiger partial charge is 0.391 e. The van der Waals surface area contributed by atoms with Crippen molar-refractivity contribution in [2.75, 3.05) is 24.5 Å². The Balaban J connectivity index is 2.01. The summed E-state index contributed by atoms with van der Waals surface area (Å²) in [6.45, 7) is 7.79. The molecule has 0 amide bonds. The molecule has 0 aromatic carbocycles. The van der Waals surface area contributed by atoms with Crippen LogP contribution in [0.5, 0.6) is 0 Å². The first-order chi connectivity index (χ1) is 8.70. The van der Waals surface area contributed by atoms with Crippen molar-refractivity contribution in [3.8, 4) is 0 Å². The molecular weight excluding hydrogens is 226 g/mol. The van der Waals surface area contributed by atoms with Gasteiger partial charge in [0.05, 0.1) is 6.10 Å². The number of hydrogen-bond acceptors (Lipinski definition) is 4. The van der Waals surface area contributed by atoms with E-state index in [1.54, 1.807) is 0 Å². The van der Waals surface area contributed by atoms with Gasteiger partial charge >= 0.3 is 0 Å². The Labute approximate surface area is 109 Å². The number of aromatic nitrogens is 1. The van der Waals surface area contributed by atoms with Gasteiger partial charge in [0, 0.05) is 25.8 Å². The monoisotopic (exact) mass is 249 g/mol. The van der Waals surface area contributed by atoms with Crippen molar-refractivity contribution in [1.82, 2.24) is 10.3 Å². The van der Waals surface area contributed by atoms with Gasteiger partial charge in [0.25, 0.3) is 0 Å². The third-order valence-electron chi connectivity index (χ3n) is 3.33. The number of hydrogen-bond donors (Lipinski definition) is 2. The average molecular weight is 249 g/mol. The number of anilines is 1. The van der Waals surface area contributed by atoms with Gasteiger partial charge in [-0.1, -0.05) is 6.92 Å². The van der Waals surface area contributed by atoms with E-state index in [4.69, 9.17) is 0 Å². The quantitative estimate of drug-likeness (QED) is 0.776. The van der Waals surface area contributed by atoms with Crippen LogP contribution in [0.15, 0.2) is 12.3 Å². The molecule has 0 aliphatic carbocycles. The summed E-state index contributed by atoms with van der Waals surface area (Å²) >= 11 is 0. The molecule has 4 nitrogen and oxygen atoms in total. The summed E-state index contributed by atoms with van der Waals surface area (Å²) < 4.78 is 0. The lowest BCUT2D eigenvalue weighted by Crippen LogP contribution is -2.23. The van der Waals surface area contributed by atoms with E-state index in [1.807, 2.05) is 6.20 Å². The Hall–Kier alpha value is -1.13. The third-order valence-corrected chi connectivity index (χ3v) is 3.33. The molecule has 1 aliphatic rings. The maximum atomic E-state index is 9.57. The molecule has 2 rings (SSSR count). The van der Waals surface area contributed by atoms with E-state index in [-0.39, 0.29) is 6.10 Å². The highest BCUT2D eigenvalue weighted by molar-refractivity contribution is 5.48. The number of aliphatic hydroxyl groups excluding tert-OH is 1. The number of nitrogens with zero attached hydrogens (tertiary/aromatic N) is 2. The molecule has 2 heterocycles. The fraction of sp³-hybridized carbons (Fsp3) is 0.643. The van der Waals surface area contributed by atoms with Crippen molar-refractivity contribution >= 4 is 5.82 Å². The number of rotatable bonds is 5. The first-order valence-electron chi connectivity index (χ1n) is 6.80. The second kappa shape index (κ2) is 6.16. The predicted octanol–water partition coefficient (Wildman–Crippen LogP) is 1.46. The fourth-order valence-electron chi connectivity index (χ4n) is 2.40. The average Bonchev–Trinajstić information content (AvgIpc) is 2.76. The Morgan fingerprint density at radius 3 is 3.00 bits per heavy atom. The number of aliphatic hydroxyl groups is 1. The predicted molar refractivity (Wildman–Crippen MR) is 73.8 cm³/mol. The number of aryl methyl sites for hydroxylation is 1. The highest BCUT2D eigenvalue weighted by atomic mass is 16.3. The molecule has 0 radical (unpaired) electrons. The molecule has 0 saturated carbocycles. The van der Waals surface area contributed by atoms with Crippen LogP contribution in [0.4, 0.5) is 5.82 Å². The van der Waals surface area contributed by atoms with Gasteiger partial charge < -0.3 is 15.3 Å². The van der Waals surface area contributed by atoms with Crippen LogP contribution < -0.4 is 10.2 Å². The molecule has 1 fully saturated rings. The summed E-state index contributed by atoms with van der Waals surface area (Å²) in [5.74, 6) is 1.02. The lowest BCUT2D eigenvalue weighted by molar-refractivity contribution is 0.198. The van der Waals surface area contributed by atoms with E-state index in [0.717, 1.165) is 38.3 Å². The van der Waals surface area contributed by atoms with Gasteiger partial charge in [-0.15, -0.1) is 0 Å². The zero-order valence-electron chi connectivity index (χ0n) is 11.3. The SMILES string of the molecule is CCCNCc1cnc(N2CCC(O)C2)c(C)c1. The van der Waals surface area contributed by atoms with Crippen molar-refractivity contribution < 1.29 is 5.11 Å². The molecule has 1 aromatic rings. The van der Waals surface area contributed by atoms with Crippen LogP contribution in [0.25, 0.3) is 0 Å². The van der Waals surface area contributed by atoms with Crippen LogP contribution in [-0.4, -0.2) is 35.8 Å². The number of nitrogens with one attached hydrogen (secondary N) is 1. The molecule has 1 unspecified atom stereocenters. The van der Waals surface area contributed by atoms with Crippen molar-refractivity contribution in [2.24, 2.45) is 0 Å². The highest BCUT2D eigenvalue weighted by Gasteiger charge is 2.22. The zero-order chi connectivity index (χ0) is 13.0. The molecular formula is C14H23N3O. The van der Waals surface area contributed by atoms with Crippen molar-refractivity contribution in [2.45, 2.75) is 39.3 Å². The van der Waals surface area contributed by atoms with Crippen LogP contribution in [0.2, 0.25) is 0 Å². The summed E-state index contributed by atoms with van der Waals surface area (Å²) in [5, 5.41) is 13.0. The standard InChI is InChI=1S/C14H23N3O/c1-3-5-15-8-12-7-11(2)14(16-9-12)17-6-4-13(18)10-17/h7,9,13,15,18H,3-6,8,10H2,1-2H3. The summed E-state index contributed by atoms with van der Waals surface area (Å²) in [6, 6.07) is 2.19. The molecule has 0 bridgehead atoms. The van der Waals surface area contributed by atoms with Crippen LogP contribution in [0, 0.1) is 6.92 Å². The second-order valence-corrected chi connectivity index (χ2v) is 5.05. The third kappa shape index (κ3) is 3.21. The summed E-state index contributed by atoms with van der Waals surface area (Å²) in [4.78, 5) is 6.72. The van der Waals surface area contributed by atoms with Crippen LogP contribution in [0.1, 0.15) is 30.9 Å². The van der Waals surface area contributed by atoms with E-state index < -0.39 is 0 Å². The van der Waals surface area contributed by atoms with E-state index in [9.17, 15) is 5.11 Å². The fourth-order valence-corrected chi connectivity index (χ4v) is 2.40. The summed E-state index contributed by atoms with van der Waals surface area (Å²) in [5.41, 5.74) is 2.42. The minimum Gasteiger partial charge on any atom is -0.391 e. The molecule has 1 aromatic heterocycles. The molecule has 1 atom stereocenters. The molecule has 1 saturated heterocycles. The zero-order valence-corrected chi connectivity index (χ0v) is 11.3.